The fraction of sp³-hybridized carbons (Fsp3) is 0.800. The minimum absolute atomic E-state index is 0.00750. The minimum Gasteiger partial charge on any atom is -0.300 e. The molecule has 1 aliphatic carbocycles. The Morgan fingerprint density at radius 3 is 2.15 bits per heavy atom. The van der Waals surface area contributed by atoms with Crippen molar-refractivity contribution < 1.29 is 14.4 Å². The van der Waals surface area contributed by atoms with Gasteiger partial charge in [0.1, 0.15) is 5.78 Å². The first kappa shape index (κ1) is 18.4. The van der Waals surface area contributed by atoms with Crippen LogP contribution in [0.3, 0.4) is 0 Å². The van der Waals surface area contributed by atoms with Gasteiger partial charge in [0, 0.05) is 0 Å². The van der Waals surface area contributed by atoms with Gasteiger partial charge in [-0.1, -0.05) is 20.8 Å². The Labute approximate surface area is 120 Å². The van der Waals surface area contributed by atoms with E-state index in [0.29, 0.717) is 6.54 Å². The average molecular weight is 280 g/mol. The van der Waals surface area contributed by atoms with Crippen molar-refractivity contribution in [3.63, 3.8) is 0 Å². The molecule has 0 heterocycles. The topological polar surface area (TPSA) is 75.9 Å². The van der Waals surface area contributed by atoms with E-state index in [-0.39, 0.29) is 22.7 Å². The lowest BCUT2D eigenvalue weighted by molar-refractivity contribution is -0.114. The van der Waals surface area contributed by atoms with Gasteiger partial charge < -0.3 is 4.79 Å². The molecular weight excluding hydrogens is 256 g/mol. The van der Waals surface area contributed by atoms with Crippen LogP contribution in [0, 0.1) is 10.8 Å². The van der Waals surface area contributed by atoms with E-state index < -0.39 is 0 Å². The van der Waals surface area contributed by atoms with Crippen LogP contribution in [0.4, 0.5) is 0 Å². The van der Waals surface area contributed by atoms with Crippen molar-refractivity contribution in [2.75, 3.05) is 6.54 Å². The standard InChI is InChI=1S/C12H18N2O2.C3H6O/c1-11(2)4-10(14-9-16)5-12(3,6-11)7-13-8-15;1-3(2)4/h10H,4-7H2,1-3H3;1-2H3. The first-order valence-electron chi connectivity index (χ1n) is 6.72. The molecule has 0 aromatic rings. The Morgan fingerprint density at radius 2 is 1.70 bits per heavy atom. The van der Waals surface area contributed by atoms with Crippen LogP contribution in [0.15, 0.2) is 9.98 Å². The zero-order valence-electron chi connectivity index (χ0n) is 13.0. The number of carbonyl (C=O) groups is 1. The number of ketones is 1. The van der Waals surface area contributed by atoms with Crippen molar-refractivity contribution in [3.05, 3.63) is 0 Å². The Hall–Kier alpha value is -1.57. The van der Waals surface area contributed by atoms with E-state index in [2.05, 4.69) is 30.8 Å². The second kappa shape index (κ2) is 7.88. The van der Waals surface area contributed by atoms with Crippen LogP contribution in [0.1, 0.15) is 53.9 Å². The molecule has 0 saturated heterocycles. The highest BCUT2D eigenvalue weighted by Gasteiger charge is 2.41. The number of carbonyl (C=O) groups excluding carboxylic acids is 3. The molecule has 112 valence electrons. The Balaban J connectivity index is 0.000000796. The maximum Gasteiger partial charge on any atom is 0.235 e. The third-order valence-electron chi connectivity index (χ3n) is 3.18. The van der Waals surface area contributed by atoms with Gasteiger partial charge in [-0.25, -0.2) is 19.6 Å². The summed E-state index contributed by atoms with van der Waals surface area (Å²) in [7, 11) is 0. The van der Waals surface area contributed by atoms with E-state index >= 15 is 0 Å². The molecule has 0 bridgehead atoms. The van der Waals surface area contributed by atoms with Crippen molar-refractivity contribution >= 4 is 17.9 Å². The van der Waals surface area contributed by atoms with Gasteiger partial charge >= 0.3 is 0 Å². The molecule has 0 spiro atoms. The van der Waals surface area contributed by atoms with E-state index in [1.54, 1.807) is 12.2 Å². The highest BCUT2D eigenvalue weighted by atomic mass is 16.1. The second-order valence-corrected chi connectivity index (χ2v) is 6.75. The molecule has 0 aromatic heterocycles. The van der Waals surface area contributed by atoms with E-state index in [4.69, 9.17) is 0 Å². The zero-order chi connectivity index (χ0) is 15.8. The summed E-state index contributed by atoms with van der Waals surface area (Å²) in [5.74, 6) is 0.167. The highest BCUT2D eigenvalue weighted by molar-refractivity contribution is 5.72. The number of isocyanates is 2. The molecule has 0 amide bonds. The summed E-state index contributed by atoms with van der Waals surface area (Å²) in [5.41, 5.74) is 0.0561. The van der Waals surface area contributed by atoms with Crippen LogP contribution in [0.2, 0.25) is 0 Å². The second-order valence-electron chi connectivity index (χ2n) is 6.75. The maximum atomic E-state index is 10.3. The van der Waals surface area contributed by atoms with E-state index in [0.717, 1.165) is 19.3 Å². The van der Waals surface area contributed by atoms with E-state index in [9.17, 15) is 14.4 Å². The van der Waals surface area contributed by atoms with Gasteiger partial charge in [-0.3, -0.25) is 0 Å². The van der Waals surface area contributed by atoms with Gasteiger partial charge in [0.25, 0.3) is 0 Å². The Bertz CT molecular complexity index is 428. The van der Waals surface area contributed by atoms with Crippen LogP contribution in [-0.4, -0.2) is 30.5 Å². The summed E-state index contributed by atoms with van der Waals surface area (Å²) in [4.78, 5) is 37.5. The summed E-state index contributed by atoms with van der Waals surface area (Å²) < 4.78 is 0. The molecule has 0 radical (unpaired) electrons. The summed E-state index contributed by atoms with van der Waals surface area (Å²) >= 11 is 0. The first-order chi connectivity index (χ1) is 9.14. The van der Waals surface area contributed by atoms with Gasteiger partial charge in [-0.2, -0.15) is 0 Å². The summed E-state index contributed by atoms with van der Waals surface area (Å²) in [5, 5.41) is 0. The molecule has 2 unspecified atom stereocenters. The van der Waals surface area contributed by atoms with Crippen molar-refractivity contribution in [1.29, 1.82) is 0 Å². The highest BCUT2D eigenvalue weighted by Crippen LogP contribution is 2.47. The van der Waals surface area contributed by atoms with Crippen LogP contribution in [-0.2, 0) is 14.4 Å². The minimum atomic E-state index is -0.0653. The first-order valence-corrected chi connectivity index (χ1v) is 6.72. The molecule has 0 aliphatic heterocycles. The number of hydrogen-bond acceptors (Lipinski definition) is 5. The molecule has 0 N–H and O–H groups in total. The van der Waals surface area contributed by atoms with E-state index in [1.165, 1.54) is 13.8 Å². The maximum absolute atomic E-state index is 10.3. The number of nitrogens with zero attached hydrogens (tertiary/aromatic N) is 2. The molecule has 2 atom stereocenters. The van der Waals surface area contributed by atoms with Crippen LogP contribution in [0.25, 0.3) is 0 Å². The predicted octanol–water partition coefficient (Wildman–Crippen LogP) is 2.84. The van der Waals surface area contributed by atoms with Gasteiger partial charge in [0.05, 0.1) is 12.6 Å². The predicted molar refractivity (Wildman–Crippen MR) is 77.0 cm³/mol. The number of aliphatic imine (C=N–C) groups is 2. The number of Topliss-reactive ketones (excluding diaryl/α,β-unsaturated/α-hetero) is 1. The van der Waals surface area contributed by atoms with Crippen LogP contribution in [0.5, 0.6) is 0 Å². The SMILES string of the molecule is CC(C)=O.CC1(C)CC(N=C=O)CC(C)(CN=C=O)C1. The van der Waals surface area contributed by atoms with Gasteiger partial charge in [0.15, 0.2) is 0 Å². The molecule has 20 heavy (non-hydrogen) atoms. The average Bonchev–Trinajstić information content (AvgIpc) is 2.23. The molecule has 1 rings (SSSR count). The quantitative estimate of drug-likeness (QED) is 0.589. The van der Waals surface area contributed by atoms with Crippen molar-refractivity contribution in [2.45, 2.75) is 59.9 Å². The lowest BCUT2D eigenvalue weighted by Crippen LogP contribution is -2.39. The molecular formula is C15H24N2O3. The fourth-order valence-electron chi connectivity index (χ4n) is 3.09. The van der Waals surface area contributed by atoms with Crippen LogP contribution >= 0.6 is 0 Å². The summed E-state index contributed by atoms with van der Waals surface area (Å²) in [6, 6.07) is 0.00750. The Morgan fingerprint density at radius 1 is 1.15 bits per heavy atom. The normalized spacial score (nSPS) is 27.1. The van der Waals surface area contributed by atoms with Gasteiger partial charge in [-0.15, -0.1) is 0 Å². The van der Waals surface area contributed by atoms with Crippen molar-refractivity contribution in [1.82, 2.24) is 0 Å². The van der Waals surface area contributed by atoms with Gasteiger partial charge in [0.2, 0.25) is 12.2 Å². The Kier molecular flexibility index (Phi) is 7.26. The smallest absolute Gasteiger partial charge is 0.235 e. The lowest BCUT2D eigenvalue weighted by Gasteiger charge is -2.44. The zero-order valence-corrected chi connectivity index (χ0v) is 13.0. The third-order valence-corrected chi connectivity index (χ3v) is 3.18. The number of hydrogen-bond donors (Lipinski definition) is 0. The number of rotatable bonds is 3. The summed E-state index contributed by atoms with van der Waals surface area (Å²) in [6.07, 6.45) is 5.88. The fourth-order valence-corrected chi connectivity index (χ4v) is 3.09. The molecule has 1 aliphatic rings. The van der Waals surface area contributed by atoms with Crippen molar-refractivity contribution in [3.8, 4) is 0 Å². The van der Waals surface area contributed by atoms with Gasteiger partial charge in [-0.05, 0) is 43.9 Å². The third kappa shape index (κ3) is 7.78. The lowest BCUT2D eigenvalue weighted by atomic mass is 9.63. The van der Waals surface area contributed by atoms with Crippen molar-refractivity contribution in [2.24, 2.45) is 20.8 Å². The summed E-state index contributed by atoms with van der Waals surface area (Å²) in [6.45, 7) is 9.91. The van der Waals surface area contributed by atoms with E-state index in [1.807, 2.05) is 0 Å². The monoisotopic (exact) mass is 280 g/mol. The molecule has 1 saturated carbocycles. The molecule has 5 nitrogen and oxygen atoms in total. The molecule has 0 aromatic carbocycles. The molecule has 1 fully saturated rings. The van der Waals surface area contributed by atoms with Crippen LogP contribution < -0.4 is 0 Å². The largest absolute Gasteiger partial charge is 0.300 e. The molecule has 5 heteroatoms.